The Labute approximate surface area is 93.8 Å². The number of hydrogen-bond acceptors (Lipinski definition) is 4. The van der Waals surface area contributed by atoms with E-state index < -0.39 is 0 Å². The molecule has 0 amide bonds. The predicted octanol–water partition coefficient (Wildman–Crippen LogP) is 1.23. The van der Waals surface area contributed by atoms with Crippen LogP contribution in [0.1, 0.15) is 11.3 Å². The lowest BCUT2D eigenvalue weighted by molar-refractivity contribution is 0.414. The summed E-state index contributed by atoms with van der Waals surface area (Å²) in [4.78, 5) is 0. The minimum absolute atomic E-state index is 0.480. The van der Waals surface area contributed by atoms with Gasteiger partial charge < -0.3 is 10.5 Å². The lowest BCUT2D eigenvalue weighted by Gasteiger charge is -2.04. The molecule has 2 N–H and O–H groups in total. The van der Waals surface area contributed by atoms with Gasteiger partial charge in [0, 0.05) is 0 Å². The molecule has 1 aromatic heterocycles. The average molecular weight is 218 g/mol. The van der Waals surface area contributed by atoms with Crippen LogP contribution < -0.4 is 10.5 Å². The maximum Gasteiger partial charge on any atom is 0.168 e. The highest BCUT2D eigenvalue weighted by molar-refractivity contribution is 5.32. The maximum atomic E-state index is 5.63. The van der Waals surface area contributed by atoms with Gasteiger partial charge in [-0.2, -0.15) is 0 Å². The topological polar surface area (TPSA) is 66.0 Å². The molecule has 16 heavy (non-hydrogen) atoms. The van der Waals surface area contributed by atoms with Gasteiger partial charge in [-0.3, -0.25) is 0 Å². The second kappa shape index (κ2) is 4.22. The Morgan fingerprint density at radius 3 is 2.50 bits per heavy atom. The van der Waals surface area contributed by atoms with Gasteiger partial charge in [-0.1, -0.05) is 17.3 Å². The van der Waals surface area contributed by atoms with Crippen LogP contribution in [0.3, 0.4) is 0 Å². The molecule has 0 saturated heterocycles. The van der Waals surface area contributed by atoms with Crippen molar-refractivity contribution in [1.82, 2.24) is 15.0 Å². The van der Waals surface area contributed by atoms with Gasteiger partial charge in [-0.25, -0.2) is 4.68 Å². The summed E-state index contributed by atoms with van der Waals surface area (Å²) in [7, 11) is 1.65. The van der Waals surface area contributed by atoms with Gasteiger partial charge in [-0.15, -0.1) is 5.10 Å². The van der Waals surface area contributed by atoms with E-state index in [1.807, 2.05) is 31.2 Å². The number of methoxy groups -OCH3 is 1. The first kappa shape index (κ1) is 10.5. The van der Waals surface area contributed by atoms with E-state index in [9.17, 15) is 0 Å². The van der Waals surface area contributed by atoms with Gasteiger partial charge in [0.15, 0.2) is 5.82 Å². The molecule has 0 aliphatic carbocycles. The Morgan fingerprint density at radius 1 is 1.31 bits per heavy atom. The predicted molar refractivity (Wildman–Crippen MR) is 61.3 cm³/mol. The normalized spacial score (nSPS) is 10.4. The molecule has 0 atom stereocenters. The molecule has 1 heterocycles. The Kier molecular flexibility index (Phi) is 2.76. The summed E-state index contributed by atoms with van der Waals surface area (Å²) < 4.78 is 6.87. The van der Waals surface area contributed by atoms with Crippen LogP contribution in [0.5, 0.6) is 5.75 Å². The van der Waals surface area contributed by atoms with Crippen LogP contribution in [0.4, 0.5) is 5.82 Å². The van der Waals surface area contributed by atoms with Gasteiger partial charge in [0.1, 0.15) is 5.75 Å². The van der Waals surface area contributed by atoms with E-state index in [0.717, 1.165) is 17.0 Å². The summed E-state index contributed by atoms with van der Waals surface area (Å²) in [6, 6.07) is 7.84. The maximum absolute atomic E-state index is 5.63. The SMILES string of the molecule is COc1ccc(Cn2nnc(N)c2C)cc1. The summed E-state index contributed by atoms with van der Waals surface area (Å²) in [6.45, 7) is 2.57. The van der Waals surface area contributed by atoms with Crippen LogP contribution in [0.15, 0.2) is 24.3 Å². The van der Waals surface area contributed by atoms with Crippen molar-refractivity contribution in [2.24, 2.45) is 0 Å². The molecule has 1 aromatic carbocycles. The van der Waals surface area contributed by atoms with E-state index in [4.69, 9.17) is 10.5 Å². The average Bonchev–Trinajstić information content (AvgIpc) is 2.62. The molecule has 0 fully saturated rings. The van der Waals surface area contributed by atoms with Crippen molar-refractivity contribution in [1.29, 1.82) is 0 Å². The second-order valence-corrected chi connectivity index (χ2v) is 3.57. The lowest BCUT2D eigenvalue weighted by Crippen LogP contribution is -2.04. The zero-order valence-corrected chi connectivity index (χ0v) is 9.34. The molecular weight excluding hydrogens is 204 g/mol. The van der Waals surface area contributed by atoms with Crippen molar-refractivity contribution in [3.8, 4) is 5.75 Å². The van der Waals surface area contributed by atoms with Crippen LogP contribution in [0.2, 0.25) is 0 Å². The van der Waals surface area contributed by atoms with Crippen molar-refractivity contribution in [2.75, 3.05) is 12.8 Å². The van der Waals surface area contributed by atoms with Gasteiger partial charge in [-0.05, 0) is 24.6 Å². The van der Waals surface area contributed by atoms with E-state index in [0.29, 0.717) is 12.4 Å². The molecule has 0 saturated carbocycles. The zero-order chi connectivity index (χ0) is 11.5. The van der Waals surface area contributed by atoms with Crippen molar-refractivity contribution < 1.29 is 4.74 Å². The number of anilines is 1. The number of benzene rings is 1. The van der Waals surface area contributed by atoms with Crippen LogP contribution in [0.25, 0.3) is 0 Å². The molecule has 2 rings (SSSR count). The summed E-state index contributed by atoms with van der Waals surface area (Å²) in [6.07, 6.45) is 0. The molecule has 5 nitrogen and oxygen atoms in total. The van der Waals surface area contributed by atoms with Crippen molar-refractivity contribution in [2.45, 2.75) is 13.5 Å². The Bertz CT molecular complexity index is 475. The molecule has 0 radical (unpaired) electrons. The number of aromatic nitrogens is 3. The molecule has 0 aliphatic heterocycles. The molecule has 0 unspecified atom stereocenters. The van der Waals surface area contributed by atoms with Crippen molar-refractivity contribution in [3.63, 3.8) is 0 Å². The van der Waals surface area contributed by atoms with Crippen molar-refractivity contribution >= 4 is 5.82 Å². The van der Waals surface area contributed by atoms with E-state index in [1.165, 1.54) is 0 Å². The van der Waals surface area contributed by atoms with E-state index >= 15 is 0 Å². The fourth-order valence-corrected chi connectivity index (χ4v) is 1.43. The fraction of sp³-hybridized carbons (Fsp3) is 0.273. The van der Waals surface area contributed by atoms with E-state index in [1.54, 1.807) is 11.8 Å². The van der Waals surface area contributed by atoms with Crippen molar-refractivity contribution in [3.05, 3.63) is 35.5 Å². The number of ether oxygens (including phenoxy) is 1. The van der Waals surface area contributed by atoms with Gasteiger partial charge in [0.05, 0.1) is 19.3 Å². The summed E-state index contributed by atoms with van der Waals surface area (Å²) in [5.74, 6) is 1.33. The van der Waals surface area contributed by atoms with E-state index in [-0.39, 0.29) is 0 Å². The van der Waals surface area contributed by atoms with E-state index in [2.05, 4.69) is 10.3 Å². The largest absolute Gasteiger partial charge is 0.497 e. The van der Waals surface area contributed by atoms with Crippen LogP contribution >= 0.6 is 0 Å². The highest BCUT2D eigenvalue weighted by atomic mass is 16.5. The fourth-order valence-electron chi connectivity index (χ4n) is 1.43. The van der Waals surface area contributed by atoms with Crippen LogP contribution in [-0.2, 0) is 6.54 Å². The number of nitrogens with two attached hydrogens (primary N) is 1. The zero-order valence-electron chi connectivity index (χ0n) is 9.34. The van der Waals surface area contributed by atoms with Gasteiger partial charge in [0.2, 0.25) is 0 Å². The Hall–Kier alpha value is -2.04. The number of hydrogen-bond donors (Lipinski definition) is 1. The molecule has 0 spiro atoms. The van der Waals surface area contributed by atoms with Crippen LogP contribution in [-0.4, -0.2) is 22.1 Å². The summed E-state index contributed by atoms with van der Waals surface area (Å²) >= 11 is 0. The Morgan fingerprint density at radius 2 is 2.00 bits per heavy atom. The molecule has 5 heteroatoms. The number of rotatable bonds is 3. The number of nitrogens with zero attached hydrogens (tertiary/aromatic N) is 3. The third kappa shape index (κ3) is 1.98. The second-order valence-electron chi connectivity index (χ2n) is 3.57. The highest BCUT2D eigenvalue weighted by Gasteiger charge is 2.05. The number of nitrogen functional groups attached to an aromatic ring is 1. The summed E-state index contributed by atoms with van der Waals surface area (Å²) in [5, 5.41) is 7.78. The highest BCUT2D eigenvalue weighted by Crippen LogP contribution is 2.13. The van der Waals surface area contributed by atoms with Gasteiger partial charge in [0.25, 0.3) is 0 Å². The first-order valence-electron chi connectivity index (χ1n) is 4.99. The molecule has 0 bridgehead atoms. The molecular formula is C11H14N4O. The first-order chi connectivity index (χ1) is 7.70. The smallest absolute Gasteiger partial charge is 0.168 e. The quantitative estimate of drug-likeness (QED) is 0.841. The monoisotopic (exact) mass is 218 g/mol. The molecule has 2 aromatic rings. The molecule has 0 aliphatic rings. The summed E-state index contributed by atoms with van der Waals surface area (Å²) in [5.41, 5.74) is 7.64. The Balaban J connectivity index is 2.17. The first-order valence-corrected chi connectivity index (χ1v) is 4.99. The third-order valence-electron chi connectivity index (χ3n) is 2.51. The lowest BCUT2D eigenvalue weighted by atomic mass is 10.2. The van der Waals surface area contributed by atoms with Gasteiger partial charge >= 0.3 is 0 Å². The van der Waals surface area contributed by atoms with Crippen LogP contribution in [0, 0.1) is 6.92 Å². The minimum Gasteiger partial charge on any atom is -0.497 e. The molecule has 84 valence electrons. The minimum atomic E-state index is 0.480. The third-order valence-corrected chi connectivity index (χ3v) is 2.51. The standard InChI is InChI=1S/C11H14N4O/c1-8-11(12)13-14-15(8)7-9-3-5-10(16-2)6-4-9/h3-6H,7,12H2,1-2H3.